The molecule has 0 aromatic carbocycles. The number of cyclic esters (lactones) is 1. The van der Waals surface area contributed by atoms with Gasteiger partial charge in [-0.25, -0.2) is 4.79 Å². The van der Waals surface area contributed by atoms with Gasteiger partial charge in [-0.3, -0.25) is 4.90 Å². The van der Waals surface area contributed by atoms with Crippen LogP contribution in [0.2, 0.25) is 0 Å². The Bertz CT molecular complexity index is 1140. The molecule has 0 amide bonds. The van der Waals surface area contributed by atoms with Crippen LogP contribution in [0.1, 0.15) is 90.9 Å². The average molecular weight is 536 g/mol. The summed E-state index contributed by atoms with van der Waals surface area (Å²) in [5.74, 6) is 4.41. The number of carbonyl (C=O) groups is 1. The van der Waals surface area contributed by atoms with Gasteiger partial charge in [0.05, 0.1) is 18.3 Å². The van der Waals surface area contributed by atoms with E-state index in [1.54, 1.807) is 14.0 Å². The van der Waals surface area contributed by atoms with Crippen LogP contribution in [-0.4, -0.2) is 46.8 Å². The summed E-state index contributed by atoms with van der Waals surface area (Å²) >= 11 is 0. The highest BCUT2D eigenvalue weighted by molar-refractivity contribution is 5.93. The van der Waals surface area contributed by atoms with Crippen LogP contribution in [0.5, 0.6) is 0 Å². The monoisotopic (exact) mass is 535 g/mol. The molecule has 6 nitrogen and oxygen atoms in total. The molecule has 7 rings (SSSR count). The SMILES string of the molecule is COC1=C(C)C(=O)OC1=C1OC2=CCC3CCC(O)(C4C=CCC(C5CCCC5)C4)C4CCCC(C2C1C)N34. The van der Waals surface area contributed by atoms with E-state index in [1.807, 2.05) is 0 Å². The Morgan fingerprint density at radius 3 is 2.67 bits per heavy atom. The maximum atomic E-state index is 12.6. The maximum Gasteiger partial charge on any atom is 0.343 e. The Labute approximate surface area is 233 Å². The van der Waals surface area contributed by atoms with Crippen LogP contribution in [0.25, 0.3) is 0 Å². The minimum atomic E-state index is -0.665. The summed E-state index contributed by atoms with van der Waals surface area (Å²) in [6.07, 6.45) is 21.1. The highest BCUT2D eigenvalue weighted by Crippen LogP contribution is 2.55. The number of allylic oxidation sites excluding steroid dienone is 2. The molecule has 7 aliphatic rings. The maximum absolute atomic E-state index is 12.6. The van der Waals surface area contributed by atoms with Gasteiger partial charge >= 0.3 is 5.97 Å². The summed E-state index contributed by atoms with van der Waals surface area (Å²) in [4.78, 5) is 15.1. The van der Waals surface area contributed by atoms with Gasteiger partial charge in [0.25, 0.3) is 0 Å². The van der Waals surface area contributed by atoms with Crippen molar-refractivity contribution >= 4 is 5.97 Å². The zero-order valence-corrected chi connectivity index (χ0v) is 23.9. The second kappa shape index (κ2) is 9.80. The number of esters is 1. The van der Waals surface area contributed by atoms with Crippen LogP contribution in [-0.2, 0) is 19.0 Å². The van der Waals surface area contributed by atoms with Crippen LogP contribution < -0.4 is 0 Å². The zero-order valence-electron chi connectivity index (χ0n) is 23.9. The molecule has 0 spiro atoms. The number of hydrogen-bond donors (Lipinski definition) is 1. The predicted molar refractivity (Wildman–Crippen MR) is 148 cm³/mol. The van der Waals surface area contributed by atoms with E-state index >= 15 is 0 Å². The first-order valence-electron chi connectivity index (χ1n) is 15.7. The van der Waals surface area contributed by atoms with Crippen molar-refractivity contribution < 1.29 is 24.1 Å². The second-order valence-electron chi connectivity index (χ2n) is 13.5. The van der Waals surface area contributed by atoms with E-state index in [1.165, 1.54) is 32.1 Å². The molecule has 1 N–H and O–H groups in total. The molecule has 5 aliphatic heterocycles. The number of fused-ring (bicyclic) bond motifs is 2. The topological polar surface area (TPSA) is 68.2 Å². The highest BCUT2D eigenvalue weighted by Gasteiger charge is 2.58. The van der Waals surface area contributed by atoms with Crippen molar-refractivity contribution in [3.8, 4) is 0 Å². The van der Waals surface area contributed by atoms with E-state index in [9.17, 15) is 9.90 Å². The molecule has 6 heteroatoms. The van der Waals surface area contributed by atoms with Gasteiger partial charge in [-0.15, -0.1) is 0 Å². The normalized spacial score (nSPS) is 44.5. The summed E-state index contributed by atoms with van der Waals surface area (Å²) in [6.45, 7) is 3.95. The fourth-order valence-corrected chi connectivity index (χ4v) is 9.73. The van der Waals surface area contributed by atoms with E-state index < -0.39 is 5.60 Å². The first-order chi connectivity index (χ1) is 18.9. The predicted octanol–water partition coefficient (Wildman–Crippen LogP) is 6.13. The third-order valence-corrected chi connectivity index (χ3v) is 11.7. The van der Waals surface area contributed by atoms with Gasteiger partial charge in [0.2, 0.25) is 5.76 Å². The van der Waals surface area contributed by atoms with Gasteiger partial charge in [-0.05, 0) is 69.8 Å². The Morgan fingerprint density at radius 1 is 1.05 bits per heavy atom. The van der Waals surface area contributed by atoms with E-state index in [-0.39, 0.29) is 29.8 Å². The van der Waals surface area contributed by atoms with Crippen molar-refractivity contribution in [1.82, 2.24) is 4.90 Å². The van der Waals surface area contributed by atoms with Crippen molar-refractivity contribution in [3.63, 3.8) is 0 Å². The van der Waals surface area contributed by atoms with Crippen LogP contribution in [0.15, 0.2) is 46.8 Å². The number of piperidine rings is 2. The lowest BCUT2D eigenvalue weighted by Gasteiger charge is -2.59. The van der Waals surface area contributed by atoms with E-state index in [2.05, 4.69) is 30.1 Å². The molecule has 8 atom stereocenters. The molecule has 0 bridgehead atoms. The zero-order chi connectivity index (χ0) is 26.9. The molecule has 0 radical (unpaired) electrons. The summed E-state index contributed by atoms with van der Waals surface area (Å²) in [7, 11) is 1.58. The number of nitrogens with zero attached hydrogens (tertiary/aromatic N) is 1. The van der Waals surface area contributed by atoms with E-state index in [4.69, 9.17) is 14.2 Å². The number of ether oxygens (including phenoxy) is 3. The lowest BCUT2D eigenvalue weighted by molar-refractivity contribution is -0.161. The fourth-order valence-electron chi connectivity index (χ4n) is 9.73. The molecule has 1 saturated carbocycles. The van der Waals surface area contributed by atoms with Gasteiger partial charge in [0.1, 0.15) is 5.76 Å². The molecule has 39 heavy (non-hydrogen) atoms. The number of aliphatic hydroxyl groups is 1. The van der Waals surface area contributed by atoms with Crippen LogP contribution in [0.4, 0.5) is 0 Å². The largest absolute Gasteiger partial charge is 0.492 e. The number of rotatable bonds is 3. The van der Waals surface area contributed by atoms with Gasteiger partial charge in [0.15, 0.2) is 11.5 Å². The Morgan fingerprint density at radius 2 is 1.87 bits per heavy atom. The molecule has 212 valence electrons. The number of methoxy groups -OCH3 is 1. The third kappa shape index (κ3) is 3.99. The van der Waals surface area contributed by atoms with Crippen molar-refractivity contribution in [2.75, 3.05) is 7.11 Å². The quantitative estimate of drug-likeness (QED) is 0.346. The van der Waals surface area contributed by atoms with Gasteiger partial charge in [-0.1, -0.05) is 51.2 Å². The van der Waals surface area contributed by atoms with Crippen LogP contribution >= 0.6 is 0 Å². The number of hydrogen-bond acceptors (Lipinski definition) is 6. The first-order valence-corrected chi connectivity index (χ1v) is 15.7. The molecular formula is C33H45NO5. The third-order valence-electron chi connectivity index (χ3n) is 11.7. The minimum absolute atomic E-state index is 0.0638. The van der Waals surface area contributed by atoms with Gasteiger partial charge in [-0.2, -0.15) is 0 Å². The molecule has 0 aromatic heterocycles. The van der Waals surface area contributed by atoms with Gasteiger partial charge in [0, 0.05) is 35.9 Å². The van der Waals surface area contributed by atoms with E-state index in [0.717, 1.165) is 68.3 Å². The Balaban J connectivity index is 1.19. The van der Waals surface area contributed by atoms with Crippen LogP contribution in [0.3, 0.4) is 0 Å². The first kappa shape index (κ1) is 25.9. The molecule has 2 aliphatic carbocycles. The molecule has 3 saturated heterocycles. The second-order valence-corrected chi connectivity index (χ2v) is 13.5. The van der Waals surface area contributed by atoms with Crippen molar-refractivity contribution in [3.05, 3.63) is 46.8 Å². The van der Waals surface area contributed by atoms with Crippen molar-refractivity contribution in [2.45, 2.75) is 115 Å². The summed E-state index contributed by atoms with van der Waals surface area (Å²) < 4.78 is 17.8. The lowest BCUT2D eigenvalue weighted by Crippen LogP contribution is -2.68. The average Bonchev–Trinajstić information content (AvgIpc) is 3.64. The summed E-state index contributed by atoms with van der Waals surface area (Å²) in [5, 5.41) is 12.6. The molecular weight excluding hydrogens is 490 g/mol. The Kier molecular flexibility index (Phi) is 6.50. The molecule has 5 heterocycles. The summed E-state index contributed by atoms with van der Waals surface area (Å²) in [5.41, 5.74) is -0.172. The van der Waals surface area contributed by atoms with Crippen LogP contribution in [0, 0.1) is 29.6 Å². The van der Waals surface area contributed by atoms with E-state index in [0.29, 0.717) is 29.2 Å². The highest BCUT2D eigenvalue weighted by atomic mass is 16.6. The summed E-state index contributed by atoms with van der Waals surface area (Å²) in [6, 6.07) is 0.947. The fraction of sp³-hybridized carbons (Fsp3) is 0.727. The molecule has 8 unspecified atom stereocenters. The molecule has 0 aromatic rings. The Hall–Kier alpha value is -2.05. The van der Waals surface area contributed by atoms with Crippen molar-refractivity contribution in [2.24, 2.45) is 29.6 Å². The number of carbonyl (C=O) groups excluding carboxylic acids is 1. The standard InChI is InChI=1S/C33H45NO5/c1-19-28-25-12-7-13-27-33(36,23-11-6-10-22(18-23)21-8-4-5-9-21)17-16-24(34(25)27)14-15-26(28)38-30(19)31-29(37-3)20(2)32(35)39-31/h6,11,15,19,21-25,27-28,36H,4-5,7-10,12-14,16-18H2,1-3H3. The van der Waals surface area contributed by atoms with Gasteiger partial charge < -0.3 is 19.3 Å². The lowest BCUT2D eigenvalue weighted by atomic mass is 9.63. The molecule has 4 fully saturated rings. The smallest absolute Gasteiger partial charge is 0.343 e. The van der Waals surface area contributed by atoms with Crippen molar-refractivity contribution in [1.29, 1.82) is 0 Å². The minimum Gasteiger partial charge on any atom is -0.492 e.